The molecule has 0 bridgehead atoms. The predicted molar refractivity (Wildman–Crippen MR) is 169 cm³/mol. The van der Waals surface area contributed by atoms with Crippen molar-refractivity contribution in [2.24, 2.45) is 46.3 Å². The molecule has 0 radical (unpaired) electrons. The second-order valence-electron chi connectivity index (χ2n) is 15.1. The van der Waals surface area contributed by atoms with Crippen LogP contribution in [0.1, 0.15) is 151 Å². The van der Waals surface area contributed by atoms with E-state index >= 15 is 0 Å². The molecular weight excluding hydrogens is 506 g/mol. The zero-order valence-corrected chi connectivity index (χ0v) is 27.6. The zero-order chi connectivity index (χ0) is 30.0. The molecule has 0 aromatic rings. The van der Waals surface area contributed by atoms with Gasteiger partial charge < -0.3 is 9.47 Å². The van der Waals surface area contributed by atoms with Gasteiger partial charge in [0.2, 0.25) is 0 Å². The van der Waals surface area contributed by atoms with Crippen LogP contribution in [0, 0.1) is 58.2 Å². The van der Waals surface area contributed by atoms with Crippen molar-refractivity contribution in [2.45, 2.75) is 157 Å². The van der Waals surface area contributed by atoms with Crippen LogP contribution in [-0.2, 0) is 9.47 Å². The van der Waals surface area contributed by atoms with Crippen molar-refractivity contribution in [1.29, 1.82) is 5.26 Å². The summed E-state index contributed by atoms with van der Waals surface area (Å²) >= 11 is 0. The fourth-order valence-electron chi connectivity index (χ4n) is 9.96. The van der Waals surface area contributed by atoms with Crippen molar-refractivity contribution in [3.05, 3.63) is 11.6 Å². The molecule has 0 aromatic heterocycles. The van der Waals surface area contributed by atoms with Crippen LogP contribution in [-0.4, -0.2) is 18.9 Å². The summed E-state index contributed by atoms with van der Waals surface area (Å²) in [5, 5.41) is 6.50. The molecule has 0 heterocycles. The summed E-state index contributed by atoms with van der Waals surface area (Å²) in [6.45, 7) is 18.8. The highest BCUT2D eigenvalue weighted by molar-refractivity contribution is 5.60. The van der Waals surface area contributed by atoms with Crippen LogP contribution in [0.5, 0.6) is 0 Å². The van der Waals surface area contributed by atoms with E-state index in [9.17, 15) is 4.79 Å². The van der Waals surface area contributed by atoms with E-state index in [0.717, 1.165) is 67.6 Å². The average Bonchev–Trinajstić information content (AvgIpc) is 3.31. The van der Waals surface area contributed by atoms with Gasteiger partial charge >= 0.3 is 6.16 Å². The highest BCUT2D eigenvalue weighted by Gasteiger charge is 2.59. The molecule has 41 heavy (non-hydrogen) atoms. The van der Waals surface area contributed by atoms with E-state index in [-0.39, 0.29) is 6.10 Å². The number of allylic oxidation sites excluding steroid dienone is 1. The fraction of sp³-hybridized carbons (Fsp3) is 0.892. The summed E-state index contributed by atoms with van der Waals surface area (Å²) in [7, 11) is 0. The number of nitriles is 1. The Balaban J connectivity index is 0.00000226. The zero-order valence-electron chi connectivity index (χ0n) is 27.6. The summed E-state index contributed by atoms with van der Waals surface area (Å²) < 4.78 is 11.3. The molecule has 4 heteroatoms. The molecule has 0 aromatic carbocycles. The average molecular weight is 570 g/mol. The van der Waals surface area contributed by atoms with Crippen LogP contribution in [0.2, 0.25) is 0 Å². The topological polar surface area (TPSA) is 59.3 Å². The lowest BCUT2D eigenvalue weighted by Gasteiger charge is -2.58. The minimum absolute atomic E-state index is 0.00525. The van der Waals surface area contributed by atoms with Crippen LogP contribution >= 0.6 is 0 Å². The first kappa shape index (κ1) is 34.0. The van der Waals surface area contributed by atoms with Gasteiger partial charge in [-0.05, 0) is 97.7 Å². The van der Waals surface area contributed by atoms with Gasteiger partial charge in [0.1, 0.15) is 6.10 Å². The van der Waals surface area contributed by atoms with Crippen molar-refractivity contribution >= 4 is 6.16 Å². The third-order valence-electron chi connectivity index (χ3n) is 12.2. The molecule has 0 unspecified atom stereocenters. The van der Waals surface area contributed by atoms with E-state index in [2.05, 4.69) is 54.2 Å². The van der Waals surface area contributed by atoms with Crippen LogP contribution < -0.4 is 0 Å². The number of hydrogen-bond donors (Lipinski definition) is 0. The lowest BCUT2D eigenvalue weighted by atomic mass is 9.47. The van der Waals surface area contributed by atoms with Gasteiger partial charge in [-0.1, -0.05) is 105 Å². The third-order valence-corrected chi connectivity index (χ3v) is 12.2. The smallest absolute Gasteiger partial charge is 0.434 e. The Morgan fingerprint density at radius 3 is 2.41 bits per heavy atom. The highest BCUT2D eigenvalue weighted by Crippen LogP contribution is 2.67. The highest BCUT2D eigenvalue weighted by atomic mass is 16.7. The number of ether oxygens (including phenoxy) is 2. The molecule has 0 aliphatic heterocycles. The van der Waals surface area contributed by atoms with Crippen molar-refractivity contribution in [1.82, 2.24) is 0 Å². The second kappa shape index (κ2) is 15.8. The molecule has 234 valence electrons. The summed E-state index contributed by atoms with van der Waals surface area (Å²) in [5.41, 5.74) is 2.43. The molecule has 4 aliphatic carbocycles. The van der Waals surface area contributed by atoms with Gasteiger partial charge in [0.15, 0.2) is 0 Å². The molecule has 8 atom stereocenters. The monoisotopic (exact) mass is 569 g/mol. The Labute approximate surface area is 253 Å². The largest absolute Gasteiger partial charge is 0.508 e. The first-order valence-electron chi connectivity index (χ1n) is 17.5. The first-order valence-corrected chi connectivity index (χ1v) is 17.5. The minimum atomic E-state index is -0.445. The maximum absolute atomic E-state index is 12.4. The van der Waals surface area contributed by atoms with Crippen LogP contribution in [0.3, 0.4) is 0 Å². The summed E-state index contributed by atoms with van der Waals surface area (Å²) in [4.78, 5) is 12.4. The molecule has 4 rings (SSSR count). The molecule has 0 saturated heterocycles. The quantitative estimate of drug-likeness (QED) is 0.126. The van der Waals surface area contributed by atoms with Gasteiger partial charge in [-0.15, -0.1) is 0 Å². The van der Waals surface area contributed by atoms with E-state index in [1.807, 2.05) is 0 Å². The molecule has 0 spiro atoms. The van der Waals surface area contributed by atoms with Gasteiger partial charge in [-0.25, -0.2) is 10.1 Å². The maximum Gasteiger partial charge on any atom is 0.508 e. The van der Waals surface area contributed by atoms with Gasteiger partial charge in [-0.3, -0.25) is 0 Å². The van der Waals surface area contributed by atoms with E-state index in [1.165, 1.54) is 77.0 Å². The van der Waals surface area contributed by atoms with Gasteiger partial charge in [-0.2, -0.15) is 0 Å². The van der Waals surface area contributed by atoms with Crippen LogP contribution in [0.15, 0.2) is 11.6 Å². The SMILES string of the molecule is C#N.CCCCCCCCOC(=O)O[C@H]1CC[C@@]2(C)C(=CC[C@H]3[C@@H]4CC[C@H]([C@H](C)CCCC(C)C)[C@@]4(C)CC[C@@H]32)C1. The molecule has 4 nitrogen and oxygen atoms in total. The molecule has 3 saturated carbocycles. The Hall–Kier alpha value is -1.50. The van der Waals surface area contributed by atoms with Gasteiger partial charge in [0.05, 0.1) is 6.61 Å². The van der Waals surface area contributed by atoms with E-state index in [0.29, 0.717) is 17.4 Å². The second-order valence-corrected chi connectivity index (χ2v) is 15.1. The van der Waals surface area contributed by atoms with E-state index in [1.54, 1.807) is 5.57 Å². The first-order chi connectivity index (χ1) is 19.7. The molecule has 3 fully saturated rings. The van der Waals surface area contributed by atoms with E-state index < -0.39 is 6.16 Å². The normalized spacial score (nSPS) is 34.8. The van der Waals surface area contributed by atoms with E-state index in [4.69, 9.17) is 14.7 Å². The molecule has 0 N–H and O–H groups in total. The van der Waals surface area contributed by atoms with Crippen molar-refractivity contribution in [2.75, 3.05) is 6.61 Å². The van der Waals surface area contributed by atoms with Gasteiger partial charge in [0, 0.05) is 13.0 Å². The van der Waals surface area contributed by atoms with Crippen LogP contribution in [0.25, 0.3) is 0 Å². The number of nitrogens with zero attached hydrogens (tertiary/aromatic N) is 1. The third kappa shape index (κ3) is 8.12. The maximum atomic E-state index is 12.4. The summed E-state index contributed by atoms with van der Waals surface area (Å²) in [6.07, 6.45) is 23.6. The predicted octanol–water partition coefficient (Wildman–Crippen LogP) is 11.0. The minimum Gasteiger partial charge on any atom is -0.434 e. The number of fused-ring (bicyclic) bond motifs is 5. The summed E-state index contributed by atoms with van der Waals surface area (Å²) in [6, 6.07) is 0. The van der Waals surface area contributed by atoms with Crippen molar-refractivity contribution in [3.8, 4) is 6.57 Å². The van der Waals surface area contributed by atoms with Gasteiger partial charge in [0.25, 0.3) is 0 Å². The van der Waals surface area contributed by atoms with Crippen molar-refractivity contribution in [3.63, 3.8) is 0 Å². The summed E-state index contributed by atoms with van der Waals surface area (Å²) in [5.74, 6) is 5.18. The number of unbranched alkanes of at least 4 members (excludes halogenated alkanes) is 5. The molecular formula is C37H63NO3. The lowest BCUT2D eigenvalue weighted by Crippen LogP contribution is -2.51. The Kier molecular flexibility index (Phi) is 13.1. The van der Waals surface area contributed by atoms with Crippen LogP contribution in [0.4, 0.5) is 4.79 Å². The standard InChI is InChI=1S/C36H62O3.CHN/c1-7-8-9-10-11-12-24-38-34(37)39-29-20-22-35(5)28(25-29)16-17-30-32-19-18-31(27(4)15-13-14-26(2)3)36(32,6)23-21-33(30)35;1-2/h16,26-27,29-33H,7-15,17-25H2,1-6H3;1H/t27-,29+,30+,31-,32+,33+,35+,36-;/m1./s1. The number of hydrogen-bond acceptors (Lipinski definition) is 4. The van der Waals surface area contributed by atoms with Crippen molar-refractivity contribution < 1.29 is 14.3 Å². The molecule has 0 amide bonds. The Morgan fingerprint density at radius 2 is 1.68 bits per heavy atom. The number of rotatable bonds is 13. The number of carbonyl (C=O) groups is 1. The lowest BCUT2D eigenvalue weighted by molar-refractivity contribution is -0.0617. The number of carbonyl (C=O) groups excluding carboxylic acids is 1. The Morgan fingerprint density at radius 1 is 0.951 bits per heavy atom. The Bertz CT molecular complexity index is 863. The fourth-order valence-corrected chi connectivity index (χ4v) is 9.96. The molecule has 4 aliphatic rings.